The predicted molar refractivity (Wildman–Crippen MR) is 97.4 cm³/mol. The molecule has 0 radical (unpaired) electrons. The third-order valence-corrected chi connectivity index (χ3v) is 5.45. The van der Waals surface area contributed by atoms with Gasteiger partial charge in [0.1, 0.15) is 5.54 Å². The number of nitrogens with zero attached hydrogens (tertiary/aromatic N) is 1. The standard InChI is InChI=1S/C19H26N2O6/c1-25-15-5-3-4-14(16(15)26-2)13-6-9-21(12-13)18(24)20-19(17(22)23)7-10-27-11-8-19/h3-5,13H,6-12H2,1-2H3,(H,20,24)(H,22,23). The van der Waals surface area contributed by atoms with Crippen LogP contribution >= 0.6 is 0 Å². The summed E-state index contributed by atoms with van der Waals surface area (Å²) in [4.78, 5) is 26.2. The normalized spacial score (nSPS) is 21.6. The Labute approximate surface area is 158 Å². The van der Waals surface area contributed by atoms with Crippen molar-refractivity contribution < 1.29 is 28.9 Å². The van der Waals surface area contributed by atoms with E-state index in [1.807, 2.05) is 18.2 Å². The van der Waals surface area contributed by atoms with Crippen LogP contribution < -0.4 is 14.8 Å². The number of benzene rings is 1. The number of methoxy groups -OCH3 is 2. The molecule has 2 aliphatic heterocycles. The summed E-state index contributed by atoms with van der Waals surface area (Å²) in [6, 6.07) is 5.37. The molecule has 2 heterocycles. The van der Waals surface area contributed by atoms with Crippen molar-refractivity contribution >= 4 is 12.0 Å². The van der Waals surface area contributed by atoms with Crippen LogP contribution in [0.15, 0.2) is 18.2 Å². The number of carbonyl (C=O) groups is 2. The van der Waals surface area contributed by atoms with Gasteiger partial charge in [0.15, 0.2) is 11.5 Å². The summed E-state index contributed by atoms with van der Waals surface area (Å²) in [7, 11) is 3.19. The van der Waals surface area contributed by atoms with Crippen LogP contribution in [0.25, 0.3) is 0 Å². The van der Waals surface area contributed by atoms with E-state index in [2.05, 4.69) is 5.32 Å². The van der Waals surface area contributed by atoms with Crippen molar-refractivity contribution in [1.82, 2.24) is 10.2 Å². The summed E-state index contributed by atoms with van der Waals surface area (Å²) in [5, 5.41) is 12.4. The molecular formula is C19H26N2O6. The lowest BCUT2D eigenvalue weighted by atomic mass is 9.90. The number of carboxylic acid groups (broad SMARTS) is 1. The van der Waals surface area contributed by atoms with Gasteiger partial charge < -0.3 is 29.5 Å². The molecular weight excluding hydrogens is 352 g/mol. The minimum atomic E-state index is -1.25. The van der Waals surface area contributed by atoms with E-state index in [0.717, 1.165) is 12.0 Å². The first-order valence-electron chi connectivity index (χ1n) is 9.10. The van der Waals surface area contributed by atoms with Gasteiger partial charge in [0.05, 0.1) is 14.2 Å². The summed E-state index contributed by atoms with van der Waals surface area (Å²) < 4.78 is 16.1. The van der Waals surface area contributed by atoms with Gasteiger partial charge in [-0.1, -0.05) is 12.1 Å². The van der Waals surface area contributed by atoms with Crippen LogP contribution in [0.3, 0.4) is 0 Å². The molecule has 1 unspecified atom stereocenters. The number of aliphatic carboxylic acids is 1. The number of nitrogens with one attached hydrogen (secondary N) is 1. The molecule has 2 saturated heterocycles. The minimum Gasteiger partial charge on any atom is -0.493 e. The molecule has 3 rings (SSSR count). The van der Waals surface area contributed by atoms with Crippen molar-refractivity contribution in [1.29, 1.82) is 0 Å². The molecule has 0 saturated carbocycles. The Morgan fingerprint density at radius 3 is 2.63 bits per heavy atom. The lowest BCUT2D eigenvalue weighted by Crippen LogP contribution is -2.60. The molecule has 0 aromatic heterocycles. The van der Waals surface area contributed by atoms with Gasteiger partial charge in [-0.15, -0.1) is 0 Å². The van der Waals surface area contributed by atoms with Gasteiger partial charge >= 0.3 is 12.0 Å². The Kier molecular flexibility index (Phi) is 5.74. The van der Waals surface area contributed by atoms with Gasteiger partial charge in [-0.25, -0.2) is 9.59 Å². The Balaban J connectivity index is 1.71. The van der Waals surface area contributed by atoms with E-state index < -0.39 is 11.5 Å². The molecule has 0 spiro atoms. The number of amides is 2. The lowest BCUT2D eigenvalue weighted by molar-refractivity contribution is -0.148. The molecule has 2 fully saturated rings. The topological polar surface area (TPSA) is 97.3 Å². The number of ether oxygens (including phenoxy) is 3. The van der Waals surface area contributed by atoms with Crippen molar-refractivity contribution in [2.24, 2.45) is 0 Å². The molecule has 8 heteroatoms. The molecule has 1 atom stereocenters. The van der Waals surface area contributed by atoms with Crippen LogP contribution in [-0.2, 0) is 9.53 Å². The van der Waals surface area contributed by atoms with E-state index in [9.17, 15) is 14.7 Å². The van der Waals surface area contributed by atoms with E-state index in [4.69, 9.17) is 14.2 Å². The fraction of sp³-hybridized carbons (Fsp3) is 0.579. The van der Waals surface area contributed by atoms with Crippen molar-refractivity contribution in [3.05, 3.63) is 23.8 Å². The van der Waals surface area contributed by atoms with Gasteiger partial charge in [-0.05, 0) is 12.5 Å². The second kappa shape index (κ2) is 8.04. The van der Waals surface area contributed by atoms with Crippen molar-refractivity contribution in [2.45, 2.75) is 30.7 Å². The molecule has 1 aromatic carbocycles. The summed E-state index contributed by atoms with van der Waals surface area (Å²) in [6.45, 7) is 1.72. The van der Waals surface area contributed by atoms with Crippen LogP contribution in [0.1, 0.15) is 30.7 Å². The third kappa shape index (κ3) is 3.80. The van der Waals surface area contributed by atoms with Crippen LogP contribution in [-0.4, -0.2) is 68.1 Å². The number of rotatable bonds is 5. The highest BCUT2D eigenvalue weighted by Crippen LogP contribution is 2.39. The highest BCUT2D eigenvalue weighted by atomic mass is 16.5. The molecule has 0 aliphatic carbocycles. The van der Waals surface area contributed by atoms with E-state index >= 15 is 0 Å². The number of urea groups is 1. The Hall–Kier alpha value is -2.48. The Morgan fingerprint density at radius 2 is 2.00 bits per heavy atom. The first-order valence-corrected chi connectivity index (χ1v) is 9.10. The van der Waals surface area contributed by atoms with Gasteiger partial charge in [-0.3, -0.25) is 0 Å². The second-order valence-electron chi connectivity index (χ2n) is 6.94. The Bertz CT molecular complexity index is 701. The number of para-hydroxylation sites is 1. The number of carbonyl (C=O) groups excluding carboxylic acids is 1. The first kappa shape index (κ1) is 19.3. The van der Waals surface area contributed by atoms with E-state index in [1.54, 1.807) is 19.1 Å². The van der Waals surface area contributed by atoms with Gasteiger partial charge in [-0.2, -0.15) is 0 Å². The number of hydrogen-bond donors (Lipinski definition) is 2. The largest absolute Gasteiger partial charge is 0.493 e. The number of likely N-dealkylation sites (tertiary alicyclic amines) is 1. The molecule has 2 amide bonds. The zero-order chi connectivity index (χ0) is 19.4. The minimum absolute atomic E-state index is 0.108. The van der Waals surface area contributed by atoms with Crippen molar-refractivity contribution in [3.8, 4) is 11.5 Å². The lowest BCUT2D eigenvalue weighted by Gasteiger charge is -2.35. The quantitative estimate of drug-likeness (QED) is 0.811. The van der Waals surface area contributed by atoms with Gasteiger partial charge in [0, 0.05) is 50.6 Å². The van der Waals surface area contributed by atoms with Gasteiger partial charge in [0.2, 0.25) is 0 Å². The SMILES string of the molecule is COc1cccc(C2CCN(C(=O)NC3(C(=O)O)CCOCC3)C2)c1OC. The average molecular weight is 378 g/mol. The van der Waals surface area contributed by atoms with E-state index in [-0.39, 0.29) is 24.8 Å². The highest BCUT2D eigenvalue weighted by molar-refractivity contribution is 5.86. The maximum absolute atomic E-state index is 12.7. The third-order valence-electron chi connectivity index (χ3n) is 5.45. The zero-order valence-electron chi connectivity index (χ0n) is 15.7. The smallest absolute Gasteiger partial charge is 0.329 e. The predicted octanol–water partition coefficient (Wildman–Crippen LogP) is 1.84. The molecule has 2 N–H and O–H groups in total. The summed E-state index contributed by atoms with van der Waals surface area (Å²) in [5.41, 5.74) is -0.257. The van der Waals surface area contributed by atoms with Crippen LogP contribution in [0, 0.1) is 0 Å². The van der Waals surface area contributed by atoms with E-state index in [0.29, 0.717) is 37.8 Å². The molecule has 2 aliphatic rings. The number of carboxylic acids is 1. The fourth-order valence-electron chi connectivity index (χ4n) is 3.83. The summed E-state index contributed by atoms with van der Waals surface area (Å²) in [5.74, 6) is 0.435. The molecule has 27 heavy (non-hydrogen) atoms. The fourth-order valence-corrected chi connectivity index (χ4v) is 3.83. The van der Waals surface area contributed by atoms with Crippen LogP contribution in [0.2, 0.25) is 0 Å². The molecule has 0 bridgehead atoms. The second-order valence-corrected chi connectivity index (χ2v) is 6.94. The molecule has 1 aromatic rings. The zero-order valence-corrected chi connectivity index (χ0v) is 15.7. The maximum Gasteiger partial charge on any atom is 0.329 e. The highest BCUT2D eigenvalue weighted by Gasteiger charge is 2.43. The average Bonchev–Trinajstić information content (AvgIpc) is 3.18. The molecule has 148 valence electrons. The van der Waals surface area contributed by atoms with Crippen molar-refractivity contribution in [2.75, 3.05) is 40.5 Å². The van der Waals surface area contributed by atoms with Crippen molar-refractivity contribution in [3.63, 3.8) is 0 Å². The van der Waals surface area contributed by atoms with E-state index in [1.165, 1.54) is 0 Å². The number of hydrogen-bond acceptors (Lipinski definition) is 5. The van der Waals surface area contributed by atoms with Crippen LogP contribution in [0.5, 0.6) is 11.5 Å². The maximum atomic E-state index is 12.7. The molecule has 8 nitrogen and oxygen atoms in total. The summed E-state index contributed by atoms with van der Waals surface area (Å²) in [6.07, 6.45) is 1.32. The van der Waals surface area contributed by atoms with Gasteiger partial charge in [0.25, 0.3) is 0 Å². The summed E-state index contributed by atoms with van der Waals surface area (Å²) >= 11 is 0. The monoisotopic (exact) mass is 378 g/mol. The first-order chi connectivity index (χ1) is 13.0. The van der Waals surface area contributed by atoms with Crippen LogP contribution in [0.4, 0.5) is 4.79 Å². The Morgan fingerprint density at radius 1 is 1.26 bits per heavy atom.